The smallest absolute Gasteiger partial charge is 0.204 e. The third-order valence-corrected chi connectivity index (χ3v) is 10.6. The number of unbranched alkanes of at least 4 members (excludes halogenated alkanes) is 2. The summed E-state index contributed by atoms with van der Waals surface area (Å²) in [6.07, 6.45) is 17.7. The monoisotopic (exact) mass is 957 g/mol. The number of nitrogens with zero attached hydrogens (tertiary/aromatic N) is 1. The van der Waals surface area contributed by atoms with Crippen LogP contribution in [0.15, 0.2) is 141 Å². The maximum atomic E-state index is 8.81. The summed E-state index contributed by atoms with van der Waals surface area (Å²) in [5, 5.41) is 7.79. The average molecular weight is 958 g/mol. The van der Waals surface area contributed by atoms with Gasteiger partial charge in [-0.1, -0.05) is 212 Å². The van der Waals surface area contributed by atoms with Crippen LogP contribution in [-0.4, -0.2) is 61.6 Å². The largest absolute Gasteiger partial charge is 0.381 e. The first kappa shape index (κ1) is 75.7. The Kier molecular flexibility index (Phi) is 65.0. The number of allylic oxidation sites excluding steroid dienone is 1. The predicted molar refractivity (Wildman–Crippen MR) is 310 cm³/mol. The summed E-state index contributed by atoms with van der Waals surface area (Å²) >= 11 is 0. The second-order valence-corrected chi connectivity index (χ2v) is 16.0. The van der Waals surface area contributed by atoms with Gasteiger partial charge in [-0.3, -0.25) is 9.69 Å². The lowest BCUT2D eigenvalue weighted by Crippen LogP contribution is -2.46. The Morgan fingerprint density at radius 1 is 0.783 bits per heavy atom. The fourth-order valence-corrected chi connectivity index (χ4v) is 6.86. The van der Waals surface area contributed by atoms with E-state index in [-0.39, 0.29) is 19.9 Å². The Morgan fingerprint density at radius 2 is 1.25 bits per heavy atom. The summed E-state index contributed by atoms with van der Waals surface area (Å²) in [4.78, 5) is 28.9. The molecule has 7 heteroatoms. The van der Waals surface area contributed by atoms with Crippen molar-refractivity contribution < 1.29 is 14.4 Å². The van der Waals surface area contributed by atoms with E-state index >= 15 is 0 Å². The summed E-state index contributed by atoms with van der Waals surface area (Å²) in [7, 11) is 0. The Labute approximate surface area is 428 Å². The minimum atomic E-state index is 0. The standard InChI is InChI=1S/C37H55N3.C8H10.C5H12.2C2H4O.2C2H6.C2H4.CH3NO.CH4/c1-6-8-9-16-23-35(38-26-25-33-19-12-10-13-20-33)29-40-27-17-24-37(40)32(5)39-36(18-7-2)31(4)28-30(3)34-21-14-11-15-22-34;1-2-8-6-4-3-5-7-8;1-4-5(2)3;2*1-2-3;3*1-2;2-1-3;/h6,10-15,19-22,30,35-39H,1,4-5,7-9,16-18,23-29H2,2-3H3;3-7H,2H2,1H3;5H,4H2,1-3H3;2*2H,1H3;2*1-2H3;1-2H2;1H,(H2,2,3);1H4. The van der Waals surface area contributed by atoms with Crippen molar-refractivity contribution in [3.05, 3.63) is 158 Å². The Hall–Kier alpha value is -4.85. The van der Waals surface area contributed by atoms with Crippen molar-refractivity contribution in [3.63, 3.8) is 0 Å². The molecule has 0 aliphatic carbocycles. The number of hydrogen-bond donors (Lipinski definition) is 3. The number of aldehydes is 2. The number of nitrogens with two attached hydrogens (primary N) is 1. The van der Waals surface area contributed by atoms with Crippen molar-refractivity contribution in [2.45, 2.75) is 192 Å². The van der Waals surface area contributed by atoms with Crippen molar-refractivity contribution in [1.82, 2.24) is 15.5 Å². The molecule has 0 aromatic heterocycles. The average Bonchev–Trinajstić information content (AvgIpc) is 3.84. The van der Waals surface area contributed by atoms with Gasteiger partial charge < -0.3 is 26.0 Å². The number of rotatable bonds is 22. The van der Waals surface area contributed by atoms with Crippen molar-refractivity contribution in [2.75, 3.05) is 19.6 Å². The fourth-order valence-electron chi connectivity index (χ4n) is 6.86. The van der Waals surface area contributed by atoms with E-state index in [1.807, 2.05) is 39.8 Å². The van der Waals surface area contributed by atoms with Crippen molar-refractivity contribution in [1.29, 1.82) is 0 Å². The first-order valence-electron chi connectivity index (χ1n) is 25.8. The Bertz CT molecular complexity index is 1520. The quantitative estimate of drug-likeness (QED) is 0.0526. The second-order valence-electron chi connectivity index (χ2n) is 16.0. The minimum absolute atomic E-state index is 0. The van der Waals surface area contributed by atoms with E-state index in [1.165, 1.54) is 80.3 Å². The molecule has 1 heterocycles. The third-order valence-electron chi connectivity index (χ3n) is 10.6. The lowest BCUT2D eigenvalue weighted by atomic mass is 9.89. The molecule has 3 aromatic rings. The van der Waals surface area contributed by atoms with Gasteiger partial charge >= 0.3 is 0 Å². The highest BCUT2D eigenvalue weighted by atomic mass is 16.1. The second kappa shape index (κ2) is 59.3. The fraction of sp³-hybridized carbons (Fsp3) is 0.532. The van der Waals surface area contributed by atoms with Gasteiger partial charge in [0.05, 0.1) is 0 Å². The molecule has 1 aliphatic heterocycles. The molecule has 0 bridgehead atoms. The lowest BCUT2D eigenvalue weighted by molar-refractivity contribution is -0.107. The van der Waals surface area contributed by atoms with Gasteiger partial charge in [-0.2, -0.15) is 0 Å². The normalized spacial score (nSPS) is 12.8. The van der Waals surface area contributed by atoms with Gasteiger partial charge in [0.1, 0.15) is 12.6 Å². The Balaban J connectivity index is -0.000000280. The van der Waals surface area contributed by atoms with Gasteiger partial charge in [0, 0.05) is 30.4 Å². The van der Waals surface area contributed by atoms with Crippen LogP contribution in [0, 0.1) is 5.92 Å². The number of aryl methyl sites for hydroxylation is 1. The van der Waals surface area contributed by atoms with E-state index in [0.29, 0.717) is 18.0 Å². The van der Waals surface area contributed by atoms with E-state index in [4.69, 9.17) is 14.4 Å². The maximum Gasteiger partial charge on any atom is 0.204 e. The maximum absolute atomic E-state index is 8.81. The zero-order chi connectivity index (χ0) is 52.8. The number of benzene rings is 3. The molecule has 1 amide bonds. The first-order valence-corrected chi connectivity index (χ1v) is 25.8. The molecular formula is C62H108N4O3. The highest BCUT2D eigenvalue weighted by Gasteiger charge is 2.30. The van der Waals surface area contributed by atoms with Gasteiger partial charge in [0.15, 0.2) is 0 Å². The van der Waals surface area contributed by atoms with Crippen LogP contribution in [0.5, 0.6) is 0 Å². The molecule has 4 N–H and O–H groups in total. The van der Waals surface area contributed by atoms with E-state index < -0.39 is 0 Å². The molecule has 0 spiro atoms. The van der Waals surface area contributed by atoms with E-state index in [0.717, 1.165) is 76.6 Å². The van der Waals surface area contributed by atoms with E-state index in [1.54, 1.807) is 0 Å². The van der Waals surface area contributed by atoms with Crippen LogP contribution in [0.25, 0.3) is 0 Å². The number of hydrogen-bond acceptors (Lipinski definition) is 6. The van der Waals surface area contributed by atoms with Crippen LogP contribution in [0.2, 0.25) is 0 Å². The number of amides is 1. The van der Waals surface area contributed by atoms with Crippen LogP contribution < -0.4 is 16.4 Å². The van der Waals surface area contributed by atoms with Gasteiger partial charge in [0.2, 0.25) is 6.41 Å². The highest BCUT2D eigenvalue weighted by Crippen LogP contribution is 2.28. The predicted octanol–water partition coefficient (Wildman–Crippen LogP) is 15.7. The van der Waals surface area contributed by atoms with Gasteiger partial charge in [0.25, 0.3) is 0 Å². The number of carbonyl (C=O) groups is 3. The number of likely N-dealkylation sites (tertiary alicyclic amines) is 1. The summed E-state index contributed by atoms with van der Waals surface area (Å²) in [5.74, 6) is 1.35. The molecule has 4 unspecified atom stereocenters. The van der Waals surface area contributed by atoms with Crippen LogP contribution in [-0.2, 0) is 27.2 Å². The number of nitrogens with one attached hydrogen (secondary N) is 2. The van der Waals surface area contributed by atoms with Crippen molar-refractivity contribution in [3.8, 4) is 0 Å². The van der Waals surface area contributed by atoms with E-state index in [9.17, 15) is 0 Å². The molecule has 1 aliphatic rings. The molecule has 69 heavy (non-hydrogen) atoms. The molecule has 394 valence electrons. The van der Waals surface area contributed by atoms with Crippen molar-refractivity contribution >= 4 is 19.0 Å². The third kappa shape index (κ3) is 45.4. The topological polar surface area (TPSA) is 105 Å². The number of primary amides is 1. The minimum Gasteiger partial charge on any atom is -0.381 e. The molecule has 3 aromatic carbocycles. The summed E-state index contributed by atoms with van der Waals surface area (Å²) < 4.78 is 0. The Morgan fingerprint density at radius 3 is 1.67 bits per heavy atom. The van der Waals surface area contributed by atoms with Gasteiger partial charge in [-0.15, -0.1) is 19.7 Å². The first-order chi connectivity index (χ1) is 33.0. The zero-order valence-electron chi connectivity index (χ0n) is 45.7. The molecule has 0 radical (unpaired) electrons. The molecule has 7 nitrogen and oxygen atoms in total. The summed E-state index contributed by atoms with van der Waals surface area (Å²) in [5.41, 5.74) is 10.8. The molecule has 1 saturated heterocycles. The highest BCUT2D eigenvalue weighted by molar-refractivity contribution is 5.44. The van der Waals surface area contributed by atoms with Crippen LogP contribution >= 0.6 is 0 Å². The van der Waals surface area contributed by atoms with Crippen LogP contribution in [0.4, 0.5) is 0 Å². The molecule has 0 saturated carbocycles. The van der Waals surface area contributed by atoms with E-state index in [2.05, 4.69) is 181 Å². The molecule has 4 rings (SSSR count). The van der Waals surface area contributed by atoms with Gasteiger partial charge in [-0.05, 0) is 113 Å². The number of carbonyl (C=O) groups excluding carboxylic acids is 3. The molecule has 4 atom stereocenters. The van der Waals surface area contributed by atoms with Crippen LogP contribution in [0.1, 0.15) is 177 Å². The zero-order valence-corrected chi connectivity index (χ0v) is 45.7. The van der Waals surface area contributed by atoms with Crippen molar-refractivity contribution in [2.24, 2.45) is 11.7 Å². The molecular weight excluding hydrogens is 849 g/mol. The lowest BCUT2D eigenvalue weighted by Gasteiger charge is -2.33. The summed E-state index contributed by atoms with van der Waals surface area (Å²) in [6, 6.07) is 33.3. The molecule has 1 fully saturated rings. The van der Waals surface area contributed by atoms with Gasteiger partial charge in [-0.25, -0.2) is 0 Å². The van der Waals surface area contributed by atoms with Crippen LogP contribution in [0.3, 0.4) is 0 Å². The summed E-state index contributed by atoms with van der Waals surface area (Å²) in [6.45, 7) is 46.6. The SMILES string of the molecule is C.C=C.C=CCCCCC(CN1CCCC1C(=C)NC(CCC)C(=C)CC(C)c1ccccc1)NCCc1ccccc1.CC.CC.CC=O.CC=O.CCC(C)C.CCc1ccccc1.NC=O.